The lowest BCUT2D eigenvalue weighted by Gasteiger charge is -2.15. The van der Waals surface area contributed by atoms with Crippen LogP contribution in [0.5, 0.6) is 0 Å². The van der Waals surface area contributed by atoms with Gasteiger partial charge in [0.2, 0.25) is 5.78 Å². The highest BCUT2D eigenvalue weighted by atomic mass is 16.7. The topological polar surface area (TPSA) is 79.5 Å². The van der Waals surface area contributed by atoms with Gasteiger partial charge in [0.1, 0.15) is 0 Å². The number of hydrogen-bond donors (Lipinski definition) is 0. The van der Waals surface area contributed by atoms with Crippen molar-refractivity contribution in [3.8, 4) is 6.07 Å². The number of ketones is 1. The molecule has 0 amide bonds. The van der Waals surface area contributed by atoms with Crippen molar-refractivity contribution >= 4 is 23.0 Å². The average Bonchev–Trinajstić information content (AvgIpc) is 2.98. The van der Waals surface area contributed by atoms with Gasteiger partial charge in [-0.15, -0.1) is 0 Å². The van der Waals surface area contributed by atoms with Crippen LogP contribution in [0.25, 0.3) is 5.57 Å². The number of carbonyl (C=O) groups excluding carboxylic acids is 2. The van der Waals surface area contributed by atoms with E-state index in [1.165, 1.54) is 0 Å². The highest BCUT2D eigenvalue weighted by Crippen LogP contribution is 2.25. The molecule has 0 spiro atoms. The molecule has 5 nitrogen and oxygen atoms in total. The number of rotatable bonds is 9. The van der Waals surface area contributed by atoms with E-state index in [4.69, 9.17) is 10.1 Å². The van der Waals surface area contributed by atoms with Crippen molar-refractivity contribution in [3.63, 3.8) is 0 Å². The Hall–Kier alpha value is -5.08. The summed E-state index contributed by atoms with van der Waals surface area (Å²) in [5.74, 6) is -0.974. The van der Waals surface area contributed by atoms with Crippen LogP contribution in [0.2, 0.25) is 0 Å². The molecular weight excluding hydrogens is 484 g/mol. The SMILES string of the molecule is C/C=C(/C(=O)/C(=N/OC(=O)c1ccccc1)c1ccccc1C)c1ccccc1CCc1ccc(C#N)cc1. The maximum absolute atomic E-state index is 14.1. The molecule has 0 bridgehead atoms. The second-order valence-electron chi connectivity index (χ2n) is 9.00. The van der Waals surface area contributed by atoms with E-state index in [1.807, 2.05) is 80.6 Å². The summed E-state index contributed by atoms with van der Waals surface area (Å²) in [6, 6.07) is 33.4. The molecular formula is C34H28N2O3. The highest BCUT2D eigenvalue weighted by Gasteiger charge is 2.24. The summed E-state index contributed by atoms with van der Waals surface area (Å²) >= 11 is 0. The van der Waals surface area contributed by atoms with E-state index in [1.54, 1.807) is 42.5 Å². The Morgan fingerprint density at radius 2 is 1.46 bits per heavy atom. The van der Waals surface area contributed by atoms with Gasteiger partial charge in [0.05, 0.1) is 17.2 Å². The Labute approximate surface area is 228 Å². The summed E-state index contributed by atoms with van der Waals surface area (Å²) in [5, 5.41) is 13.2. The predicted octanol–water partition coefficient (Wildman–Crippen LogP) is 6.89. The number of aryl methyl sites for hydroxylation is 3. The van der Waals surface area contributed by atoms with Crippen LogP contribution in [0.3, 0.4) is 0 Å². The summed E-state index contributed by atoms with van der Waals surface area (Å²) in [7, 11) is 0. The third-order valence-corrected chi connectivity index (χ3v) is 6.45. The molecule has 0 fully saturated rings. The molecule has 0 heterocycles. The van der Waals surface area contributed by atoms with Crippen LogP contribution in [0.1, 0.15) is 50.7 Å². The minimum absolute atomic E-state index is 0.0624. The summed E-state index contributed by atoms with van der Waals surface area (Å²) < 4.78 is 0. The fourth-order valence-electron chi connectivity index (χ4n) is 4.33. The highest BCUT2D eigenvalue weighted by molar-refractivity contribution is 6.60. The molecule has 0 aromatic heterocycles. The lowest BCUT2D eigenvalue weighted by Crippen LogP contribution is -2.20. The van der Waals surface area contributed by atoms with Crippen molar-refractivity contribution in [1.82, 2.24) is 0 Å². The van der Waals surface area contributed by atoms with Crippen LogP contribution in [-0.4, -0.2) is 17.5 Å². The third-order valence-electron chi connectivity index (χ3n) is 6.45. The number of benzene rings is 4. The zero-order valence-corrected chi connectivity index (χ0v) is 21.9. The quantitative estimate of drug-likeness (QED) is 0.106. The molecule has 4 aromatic rings. The van der Waals surface area contributed by atoms with Crippen LogP contribution < -0.4 is 0 Å². The monoisotopic (exact) mass is 512 g/mol. The van der Waals surface area contributed by atoms with Crippen LogP contribution in [0.15, 0.2) is 114 Å². The van der Waals surface area contributed by atoms with Gasteiger partial charge in [-0.3, -0.25) is 4.79 Å². The Kier molecular flexibility index (Phi) is 8.95. The molecule has 39 heavy (non-hydrogen) atoms. The third kappa shape index (κ3) is 6.63. The minimum atomic E-state index is -0.640. The Bertz CT molecular complexity index is 1580. The molecule has 0 radical (unpaired) electrons. The number of nitriles is 1. The number of allylic oxidation sites excluding steroid dienone is 2. The zero-order chi connectivity index (χ0) is 27.6. The number of carbonyl (C=O) groups is 2. The van der Waals surface area contributed by atoms with Gasteiger partial charge in [0, 0.05) is 11.1 Å². The fraction of sp³-hybridized carbons (Fsp3) is 0.118. The maximum atomic E-state index is 14.1. The van der Waals surface area contributed by atoms with Gasteiger partial charge in [-0.05, 0) is 73.2 Å². The van der Waals surface area contributed by atoms with Crippen molar-refractivity contribution in [2.75, 3.05) is 0 Å². The van der Waals surface area contributed by atoms with E-state index in [9.17, 15) is 9.59 Å². The maximum Gasteiger partial charge on any atom is 0.365 e. The van der Waals surface area contributed by atoms with E-state index < -0.39 is 5.97 Å². The van der Waals surface area contributed by atoms with Gasteiger partial charge < -0.3 is 4.84 Å². The van der Waals surface area contributed by atoms with Crippen LogP contribution in [0, 0.1) is 18.3 Å². The molecule has 4 rings (SSSR count). The molecule has 192 valence electrons. The van der Waals surface area contributed by atoms with Crippen LogP contribution in [-0.2, 0) is 22.5 Å². The first-order chi connectivity index (χ1) is 19.0. The van der Waals surface area contributed by atoms with E-state index in [0.29, 0.717) is 28.7 Å². The van der Waals surface area contributed by atoms with Crippen LogP contribution >= 0.6 is 0 Å². The first-order valence-corrected chi connectivity index (χ1v) is 12.7. The van der Waals surface area contributed by atoms with E-state index >= 15 is 0 Å². The first kappa shape index (κ1) is 27.0. The Morgan fingerprint density at radius 3 is 2.13 bits per heavy atom. The zero-order valence-electron chi connectivity index (χ0n) is 21.9. The van der Waals surface area contributed by atoms with Gasteiger partial charge in [-0.25, -0.2) is 4.79 Å². The van der Waals surface area contributed by atoms with Gasteiger partial charge in [0.25, 0.3) is 0 Å². The number of hydrogen-bond acceptors (Lipinski definition) is 5. The van der Waals surface area contributed by atoms with Crippen molar-refractivity contribution < 1.29 is 14.4 Å². The number of oxime groups is 1. The average molecular weight is 513 g/mol. The van der Waals surface area contributed by atoms with Gasteiger partial charge in [-0.2, -0.15) is 5.26 Å². The van der Waals surface area contributed by atoms with Crippen molar-refractivity contribution in [1.29, 1.82) is 5.26 Å². The van der Waals surface area contributed by atoms with Gasteiger partial charge >= 0.3 is 5.97 Å². The molecule has 0 aliphatic heterocycles. The summed E-state index contributed by atoms with van der Waals surface area (Å²) in [5.41, 5.74) is 5.85. The Morgan fingerprint density at radius 1 is 0.821 bits per heavy atom. The molecule has 0 unspecified atom stereocenters. The van der Waals surface area contributed by atoms with Crippen molar-refractivity contribution in [2.24, 2.45) is 5.16 Å². The fourth-order valence-corrected chi connectivity index (χ4v) is 4.33. The minimum Gasteiger partial charge on any atom is -0.312 e. The Balaban J connectivity index is 1.66. The molecule has 0 saturated carbocycles. The molecule has 0 saturated heterocycles. The molecule has 0 aliphatic rings. The lowest BCUT2D eigenvalue weighted by molar-refractivity contribution is -0.108. The molecule has 0 aliphatic carbocycles. The normalized spacial score (nSPS) is 11.5. The number of nitrogens with zero attached hydrogens (tertiary/aromatic N) is 2. The molecule has 4 aromatic carbocycles. The van der Waals surface area contributed by atoms with Crippen molar-refractivity contribution in [2.45, 2.75) is 26.7 Å². The molecule has 0 N–H and O–H groups in total. The van der Waals surface area contributed by atoms with E-state index in [2.05, 4.69) is 11.2 Å². The van der Waals surface area contributed by atoms with E-state index in [0.717, 1.165) is 28.7 Å². The summed E-state index contributed by atoms with van der Waals surface area (Å²) in [4.78, 5) is 32.0. The molecule has 0 atom stereocenters. The summed E-state index contributed by atoms with van der Waals surface area (Å²) in [6.07, 6.45) is 3.23. The second kappa shape index (κ2) is 12.9. The van der Waals surface area contributed by atoms with Crippen molar-refractivity contribution in [3.05, 3.63) is 148 Å². The predicted molar refractivity (Wildman–Crippen MR) is 153 cm³/mol. The largest absolute Gasteiger partial charge is 0.365 e. The standard InChI is InChI=1S/C34H28N2O3/c1-3-29(31-16-10-8-12-27(31)22-21-25-17-19-26(23-35)20-18-25)33(37)32(30-15-9-7-11-24(30)2)36-39-34(38)28-13-5-4-6-14-28/h3-20H,21-22H2,1-2H3/b29-3+,36-32+. The molecule has 5 heteroatoms. The van der Waals surface area contributed by atoms with E-state index in [-0.39, 0.29) is 11.5 Å². The summed E-state index contributed by atoms with van der Waals surface area (Å²) in [6.45, 7) is 3.70. The second-order valence-corrected chi connectivity index (χ2v) is 9.00. The van der Waals surface area contributed by atoms with Gasteiger partial charge in [0.15, 0.2) is 5.71 Å². The van der Waals surface area contributed by atoms with Crippen LogP contribution in [0.4, 0.5) is 0 Å². The first-order valence-electron chi connectivity index (χ1n) is 12.7. The number of Topliss-reactive ketones (excluding diaryl/α,β-unsaturated/α-hetero) is 1. The smallest absolute Gasteiger partial charge is 0.312 e. The van der Waals surface area contributed by atoms with Gasteiger partial charge in [-0.1, -0.05) is 90.1 Å². The lowest BCUT2D eigenvalue weighted by atomic mass is 9.89.